The first-order valence-electron chi connectivity index (χ1n) is 6.13. The molecular weight excluding hydrogens is 308 g/mol. The lowest BCUT2D eigenvalue weighted by atomic mass is 10.2. The van der Waals surface area contributed by atoms with Crippen LogP contribution in [0.1, 0.15) is 11.1 Å². The van der Waals surface area contributed by atoms with Crippen molar-refractivity contribution in [2.45, 2.75) is 23.1 Å². The van der Waals surface area contributed by atoms with E-state index in [0.717, 1.165) is 20.3 Å². The van der Waals surface area contributed by atoms with Crippen LogP contribution >= 0.6 is 34.7 Å². The van der Waals surface area contributed by atoms with Gasteiger partial charge in [-0.25, -0.2) is 4.98 Å². The summed E-state index contributed by atoms with van der Waals surface area (Å²) < 4.78 is 2.20. The van der Waals surface area contributed by atoms with Gasteiger partial charge in [0.05, 0.1) is 15.2 Å². The molecular formula is C15H13ClN2S2. The molecule has 3 rings (SSSR count). The Balaban J connectivity index is 2.01. The van der Waals surface area contributed by atoms with E-state index in [1.807, 2.05) is 13.0 Å². The van der Waals surface area contributed by atoms with E-state index in [1.165, 1.54) is 10.3 Å². The highest BCUT2D eigenvalue weighted by Gasteiger charge is 2.11. The second kappa shape index (κ2) is 5.28. The number of benzene rings is 2. The standard InChI is InChI=1S/C15H13ClN2S2/c1-8-3-4-13-12(5-8)18-15(19-13)20-14-9(2)6-10(17)7-11(14)16/h3-7H,17H2,1-2H3. The van der Waals surface area contributed by atoms with E-state index in [9.17, 15) is 0 Å². The SMILES string of the molecule is Cc1ccc2sc(Sc3c(C)cc(N)cc3Cl)nc2c1. The number of thiazole rings is 1. The molecule has 0 amide bonds. The van der Waals surface area contributed by atoms with Gasteiger partial charge < -0.3 is 5.73 Å². The first-order valence-corrected chi connectivity index (χ1v) is 8.15. The molecule has 2 N–H and O–H groups in total. The number of fused-ring (bicyclic) bond motifs is 1. The van der Waals surface area contributed by atoms with E-state index in [-0.39, 0.29) is 0 Å². The van der Waals surface area contributed by atoms with Crippen molar-refractivity contribution in [2.24, 2.45) is 0 Å². The molecule has 102 valence electrons. The van der Waals surface area contributed by atoms with Crippen LogP contribution in [0.25, 0.3) is 10.2 Å². The molecule has 0 aliphatic heterocycles. The number of nitrogen functional groups attached to an aromatic ring is 1. The summed E-state index contributed by atoms with van der Waals surface area (Å²) in [4.78, 5) is 5.69. The highest BCUT2D eigenvalue weighted by Crippen LogP contribution is 2.40. The summed E-state index contributed by atoms with van der Waals surface area (Å²) in [5, 5.41) is 0.683. The van der Waals surface area contributed by atoms with Crippen molar-refractivity contribution in [2.75, 3.05) is 5.73 Å². The van der Waals surface area contributed by atoms with Crippen LogP contribution in [0.5, 0.6) is 0 Å². The molecule has 0 atom stereocenters. The van der Waals surface area contributed by atoms with Crippen LogP contribution in [0.4, 0.5) is 5.69 Å². The van der Waals surface area contributed by atoms with E-state index in [4.69, 9.17) is 17.3 Å². The molecule has 0 aliphatic carbocycles. The smallest absolute Gasteiger partial charge is 0.155 e. The predicted octanol–water partition coefficient (Wildman–Crippen LogP) is 5.30. The molecule has 0 aliphatic rings. The lowest BCUT2D eigenvalue weighted by Gasteiger charge is -2.07. The van der Waals surface area contributed by atoms with E-state index in [2.05, 4.69) is 30.1 Å². The Morgan fingerprint density at radius 2 is 2.00 bits per heavy atom. The number of anilines is 1. The maximum Gasteiger partial charge on any atom is 0.155 e. The predicted molar refractivity (Wildman–Crippen MR) is 89.1 cm³/mol. The molecule has 1 aromatic heterocycles. The minimum Gasteiger partial charge on any atom is -0.399 e. The molecule has 0 bridgehead atoms. The molecule has 20 heavy (non-hydrogen) atoms. The average molecular weight is 321 g/mol. The fourth-order valence-electron chi connectivity index (χ4n) is 2.03. The second-order valence-electron chi connectivity index (χ2n) is 4.70. The Labute approximate surface area is 131 Å². The minimum absolute atomic E-state index is 0.683. The monoisotopic (exact) mass is 320 g/mol. The summed E-state index contributed by atoms with van der Waals surface area (Å²) in [5.41, 5.74) is 9.83. The number of hydrogen-bond donors (Lipinski definition) is 1. The largest absolute Gasteiger partial charge is 0.399 e. The van der Waals surface area contributed by atoms with E-state index in [0.29, 0.717) is 10.7 Å². The van der Waals surface area contributed by atoms with Gasteiger partial charge in [-0.15, -0.1) is 11.3 Å². The van der Waals surface area contributed by atoms with Crippen molar-refractivity contribution in [1.29, 1.82) is 0 Å². The van der Waals surface area contributed by atoms with E-state index < -0.39 is 0 Å². The zero-order chi connectivity index (χ0) is 14.3. The van der Waals surface area contributed by atoms with Crippen molar-refractivity contribution in [3.8, 4) is 0 Å². The van der Waals surface area contributed by atoms with Crippen LogP contribution < -0.4 is 5.73 Å². The number of aromatic nitrogens is 1. The summed E-state index contributed by atoms with van der Waals surface area (Å²) in [6, 6.07) is 10.0. The Morgan fingerprint density at radius 3 is 2.75 bits per heavy atom. The highest BCUT2D eigenvalue weighted by molar-refractivity contribution is 8.01. The van der Waals surface area contributed by atoms with Crippen LogP contribution in [0.3, 0.4) is 0 Å². The zero-order valence-corrected chi connectivity index (χ0v) is 13.5. The van der Waals surface area contributed by atoms with Crippen LogP contribution in [0, 0.1) is 13.8 Å². The maximum absolute atomic E-state index is 6.28. The van der Waals surface area contributed by atoms with E-state index in [1.54, 1.807) is 29.2 Å². The Morgan fingerprint density at radius 1 is 1.20 bits per heavy atom. The first kappa shape index (κ1) is 13.7. The second-order valence-corrected chi connectivity index (χ2v) is 7.40. The van der Waals surface area contributed by atoms with Crippen LogP contribution in [-0.2, 0) is 0 Å². The minimum atomic E-state index is 0.683. The van der Waals surface area contributed by atoms with Crippen molar-refractivity contribution < 1.29 is 0 Å². The number of rotatable bonds is 2. The van der Waals surface area contributed by atoms with Gasteiger partial charge in [0.15, 0.2) is 4.34 Å². The number of hydrogen-bond acceptors (Lipinski definition) is 4. The van der Waals surface area contributed by atoms with Crippen molar-refractivity contribution in [3.63, 3.8) is 0 Å². The van der Waals surface area contributed by atoms with Gasteiger partial charge in [-0.2, -0.15) is 0 Å². The Kier molecular flexibility index (Phi) is 3.63. The lowest BCUT2D eigenvalue weighted by Crippen LogP contribution is -1.88. The van der Waals surface area contributed by atoms with Gasteiger partial charge in [0, 0.05) is 10.6 Å². The third-order valence-corrected chi connectivity index (χ3v) is 5.72. The highest BCUT2D eigenvalue weighted by atomic mass is 35.5. The average Bonchev–Trinajstić information content (AvgIpc) is 2.75. The summed E-state index contributed by atoms with van der Waals surface area (Å²) in [6.45, 7) is 4.09. The van der Waals surface area contributed by atoms with Crippen molar-refractivity contribution in [3.05, 3.63) is 46.5 Å². The van der Waals surface area contributed by atoms with Crippen LogP contribution in [0.15, 0.2) is 39.6 Å². The summed E-state index contributed by atoms with van der Waals surface area (Å²) >= 11 is 9.57. The topological polar surface area (TPSA) is 38.9 Å². The first-order chi connectivity index (χ1) is 9.52. The quantitative estimate of drug-likeness (QED) is 0.651. The maximum atomic E-state index is 6.28. The molecule has 3 aromatic rings. The molecule has 0 spiro atoms. The van der Waals surface area contributed by atoms with Gasteiger partial charge in [-0.3, -0.25) is 0 Å². The van der Waals surface area contributed by atoms with Gasteiger partial charge >= 0.3 is 0 Å². The van der Waals surface area contributed by atoms with Crippen LogP contribution in [-0.4, -0.2) is 4.98 Å². The van der Waals surface area contributed by atoms with Gasteiger partial charge in [0.1, 0.15) is 0 Å². The molecule has 2 aromatic carbocycles. The number of halogens is 1. The molecule has 0 saturated carbocycles. The number of aryl methyl sites for hydroxylation is 2. The van der Waals surface area contributed by atoms with E-state index >= 15 is 0 Å². The molecule has 0 radical (unpaired) electrons. The van der Waals surface area contributed by atoms with Gasteiger partial charge in [0.25, 0.3) is 0 Å². The lowest BCUT2D eigenvalue weighted by molar-refractivity contribution is 1.26. The molecule has 2 nitrogen and oxygen atoms in total. The molecule has 0 unspecified atom stereocenters. The molecule has 0 fully saturated rings. The van der Waals surface area contributed by atoms with Gasteiger partial charge in [0.2, 0.25) is 0 Å². The van der Waals surface area contributed by atoms with Crippen molar-refractivity contribution in [1.82, 2.24) is 4.98 Å². The fourth-order valence-corrected chi connectivity index (χ4v) is 4.48. The third kappa shape index (κ3) is 2.64. The normalized spacial score (nSPS) is 11.2. The number of nitrogens with zero attached hydrogens (tertiary/aromatic N) is 1. The molecule has 5 heteroatoms. The van der Waals surface area contributed by atoms with Gasteiger partial charge in [-0.05, 0) is 49.2 Å². The van der Waals surface area contributed by atoms with Gasteiger partial charge in [-0.1, -0.05) is 29.4 Å². The summed E-state index contributed by atoms with van der Waals surface area (Å²) in [7, 11) is 0. The van der Waals surface area contributed by atoms with Crippen molar-refractivity contribution >= 4 is 50.6 Å². The van der Waals surface area contributed by atoms with Crippen LogP contribution in [0.2, 0.25) is 5.02 Å². The Hall–Kier alpha value is -1.23. The summed E-state index contributed by atoms with van der Waals surface area (Å²) in [5.74, 6) is 0. The number of nitrogens with two attached hydrogens (primary N) is 1. The molecule has 0 saturated heterocycles. The summed E-state index contributed by atoms with van der Waals surface area (Å²) in [6.07, 6.45) is 0. The fraction of sp³-hybridized carbons (Fsp3) is 0.133. The Bertz CT molecular complexity index is 773. The zero-order valence-electron chi connectivity index (χ0n) is 11.1. The third-order valence-electron chi connectivity index (χ3n) is 2.96. The molecule has 1 heterocycles.